The Balaban J connectivity index is 1.63. The number of hydrogen-bond donors (Lipinski definition) is 1. The molecule has 3 aromatic heterocycles. The maximum atomic E-state index is 4.65. The fraction of sp³-hybridized carbons (Fsp3) is 0.600. The molecule has 0 bridgehead atoms. The van der Waals surface area contributed by atoms with Crippen LogP contribution >= 0.6 is 11.3 Å². The van der Waals surface area contributed by atoms with E-state index in [0.717, 1.165) is 34.6 Å². The second kappa shape index (κ2) is 5.92. The van der Waals surface area contributed by atoms with Gasteiger partial charge in [-0.05, 0) is 13.8 Å². The van der Waals surface area contributed by atoms with E-state index < -0.39 is 0 Å². The first-order valence-corrected chi connectivity index (χ1v) is 8.65. The predicted octanol–water partition coefficient (Wildman–Crippen LogP) is 2.92. The molecule has 0 fully saturated rings. The molecule has 0 spiro atoms. The van der Waals surface area contributed by atoms with Crippen LogP contribution in [0.15, 0.2) is 12.5 Å². The van der Waals surface area contributed by atoms with E-state index in [9.17, 15) is 0 Å². The highest BCUT2D eigenvalue weighted by Gasteiger charge is 2.19. The van der Waals surface area contributed by atoms with E-state index >= 15 is 0 Å². The highest BCUT2D eigenvalue weighted by atomic mass is 32.1. The molecule has 0 aromatic carbocycles. The minimum Gasteiger partial charge on any atom is -0.360 e. The second-order valence-corrected chi connectivity index (χ2v) is 7.89. The average Bonchev–Trinajstić information content (AvgIpc) is 3.10. The second-order valence-electron chi connectivity index (χ2n) is 6.94. The summed E-state index contributed by atoms with van der Waals surface area (Å²) in [5, 5.41) is 16.9. The van der Waals surface area contributed by atoms with Crippen molar-refractivity contribution < 1.29 is 0 Å². The van der Waals surface area contributed by atoms with Crippen LogP contribution in [0.4, 0.5) is 5.13 Å². The molecule has 1 N–H and O–H groups in total. The lowest BCUT2D eigenvalue weighted by Gasteiger charge is -2.13. The van der Waals surface area contributed by atoms with Crippen LogP contribution in [-0.2, 0) is 11.8 Å². The number of nitrogens with one attached hydrogen (secondary N) is 1. The fourth-order valence-corrected chi connectivity index (χ4v) is 3.10. The Kier molecular flexibility index (Phi) is 4.09. The molecule has 7 nitrogen and oxygen atoms in total. The molecule has 0 aliphatic carbocycles. The zero-order chi connectivity index (χ0) is 16.6. The van der Waals surface area contributed by atoms with Crippen LogP contribution in [0.3, 0.4) is 0 Å². The largest absolute Gasteiger partial charge is 0.360 e. The molecule has 23 heavy (non-hydrogen) atoms. The number of hydrogen-bond acceptors (Lipinski definition) is 6. The van der Waals surface area contributed by atoms with Gasteiger partial charge in [0.15, 0.2) is 0 Å². The Morgan fingerprint density at radius 2 is 2.09 bits per heavy atom. The van der Waals surface area contributed by atoms with Crippen molar-refractivity contribution in [1.82, 2.24) is 29.4 Å². The van der Waals surface area contributed by atoms with Crippen molar-refractivity contribution in [2.75, 3.05) is 11.9 Å². The number of imidazole rings is 1. The van der Waals surface area contributed by atoms with Gasteiger partial charge in [0.25, 0.3) is 0 Å². The molecule has 3 rings (SSSR count). The molecule has 0 saturated heterocycles. The summed E-state index contributed by atoms with van der Waals surface area (Å²) in [6.45, 7) is 11.5. The van der Waals surface area contributed by atoms with Crippen LogP contribution in [0, 0.1) is 0 Å². The lowest BCUT2D eigenvalue weighted by atomic mass is 9.93. The first-order valence-electron chi connectivity index (χ1n) is 7.83. The summed E-state index contributed by atoms with van der Waals surface area (Å²) < 4.78 is 3.94. The van der Waals surface area contributed by atoms with E-state index in [-0.39, 0.29) is 5.41 Å². The number of nitrogens with zero attached hydrogens (tertiary/aromatic N) is 6. The van der Waals surface area contributed by atoms with E-state index in [0.29, 0.717) is 6.04 Å². The molecule has 0 radical (unpaired) electrons. The maximum Gasteiger partial charge on any atom is 0.214 e. The number of aromatic nitrogens is 6. The Hall–Kier alpha value is -1.96. The molecule has 8 heteroatoms. The van der Waals surface area contributed by atoms with Gasteiger partial charge in [0, 0.05) is 24.4 Å². The molecule has 0 aliphatic heterocycles. The normalized spacial score (nSPS) is 12.4. The third kappa shape index (κ3) is 3.36. The van der Waals surface area contributed by atoms with Crippen molar-refractivity contribution in [3.05, 3.63) is 24.0 Å². The van der Waals surface area contributed by atoms with Gasteiger partial charge in [-0.3, -0.25) is 0 Å². The average molecular weight is 333 g/mol. The summed E-state index contributed by atoms with van der Waals surface area (Å²) in [5.41, 5.74) is 1.11. The summed E-state index contributed by atoms with van der Waals surface area (Å²) in [4.78, 5) is 5.57. The monoisotopic (exact) mass is 333 g/mol. The number of fused-ring (bicyclic) bond motifs is 1. The highest BCUT2D eigenvalue weighted by molar-refractivity contribution is 7.20. The summed E-state index contributed by atoms with van der Waals surface area (Å²) in [6.07, 6.45) is 4.60. The Morgan fingerprint density at radius 3 is 2.74 bits per heavy atom. The summed E-state index contributed by atoms with van der Waals surface area (Å²) >= 11 is 1.57. The van der Waals surface area contributed by atoms with E-state index in [1.807, 2.05) is 10.7 Å². The molecular formula is C15H23N7S. The summed E-state index contributed by atoms with van der Waals surface area (Å²) in [6, 6.07) is 0.374. The lowest BCUT2D eigenvalue weighted by Crippen LogP contribution is -2.12. The standard InChI is InChI=1S/C15H23N7S/c1-10(2)21-9-17-19-12(21)6-7-16-13-20-22-8-11(15(3,4)5)18-14(22)23-13/h8-10H,6-7H2,1-5H3,(H,16,20). The Morgan fingerprint density at radius 1 is 1.30 bits per heavy atom. The number of rotatable bonds is 5. The molecule has 0 aliphatic rings. The molecule has 0 saturated carbocycles. The smallest absolute Gasteiger partial charge is 0.214 e. The Bertz CT molecular complexity index is 759. The number of anilines is 1. The van der Waals surface area contributed by atoms with Gasteiger partial charge < -0.3 is 9.88 Å². The molecule has 3 aromatic rings. The molecule has 0 amide bonds. The third-order valence-corrected chi connectivity index (χ3v) is 4.52. The van der Waals surface area contributed by atoms with Crippen molar-refractivity contribution in [2.24, 2.45) is 0 Å². The van der Waals surface area contributed by atoms with Crippen molar-refractivity contribution in [3.63, 3.8) is 0 Å². The maximum absolute atomic E-state index is 4.65. The van der Waals surface area contributed by atoms with E-state index in [4.69, 9.17) is 0 Å². The van der Waals surface area contributed by atoms with E-state index in [2.05, 4.69) is 64.8 Å². The van der Waals surface area contributed by atoms with Crippen molar-refractivity contribution >= 4 is 21.4 Å². The fourth-order valence-electron chi connectivity index (χ4n) is 2.29. The van der Waals surface area contributed by atoms with Gasteiger partial charge in [0.2, 0.25) is 10.1 Å². The van der Waals surface area contributed by atoms with Crippen LogP contribution in [0.2, 0.25) is 0 Å². The molecule has 0 atom stereocenters. The van der Waals surface area contributed by atoms with Gasteiger partial charge >= 0.3 is 0 Å². The van der Waals surface area contributed by atoms with Crippen molar-refractivity contribution in [2.45, 2.75) is 52.5 Å². The minimum absolute atomic E-state index is 0.0436. The third-order valence-electron chi connectivity index (χ3n) is 3.64. The highest BCUT2D eigenvalue weighted by Crippen LogP contribution is 2.25. The first-order chi connectivity index (χ1) is 10.8. The van der Waals surface area contributed by atoms with Gasteiger partial charge in [-0.15, -0.1) is 15.3 Å². The molecule has 0 unspecified atom stereocenters. The van der Waals surface area contributed by atoms with Crippen molar-refractivity contribution in [3.8, 4) is 0 Å². The molecule has 3 heterocycles. The topological polar surface area (TPSA) is 72.9 Å². The van der Waals surface area contributed by atoms with Crippen LogP contribution in [0.25, 0.3) is 4.96 Å². The van der Waals surface area contributed by atoms with E-state index in [1.165, 1.54) is 0 Å². The summed E-state index contributed by atoms with van der Waals surface area (Å²) in [5.74, 6) is 0.990. The van der Waals surface area contributed by atoms with Gasteiger partial charge in [0.1, 0.15) is 12.2 Å². The Labute approximate surface area is 139 Å². The van der Waals surface area contributed by atoms with Gasteiger partial charge in [-0.2, -0.15) is 0 Å². The van der Waals surface area contributed by atoms with Crippen LogP contribution in [0.5, 0.6) is 0 Å². The van der Waals surface area contributed by atoms with Gasteiger partial charge in [-0.25, -0.2) is 9.50 Å². The zero-order valence-electron chi connectivity index (χ0n) is 14.2. The molecule has 124 valence electrons. The minimum atomic E-state index is 0.0436. The van der Waals surface area contributed by atoms with Crippen LogP contribution in [-0.4, -0.2) is 35.9 Å². The zero-order valence-corrected chi connectivity index (χ0v) is 15.1. The lowest BCUT2D eigenvalue weighted by molar-refractivity contribution is 0.568. The molecular weight excluding hydrogens is 310 g/mol. The van der Waals surface area contributed by atoms with Gasteiger partial charge in [-0.1, -0.05) is 32.1 Å². The summed E-state index contributed by atoms with van der Waals surface area (Å²) in [7, 11) is 0. The SMILES string of the molecule is CC(C)n1cnnc1CCNc1nn2cc(C(C)(C)C)nc2s1. The first kappa shape index (κ1) is 15.9. The predicted molar refractivity (Wildman–Crippen MR) is 92.2 cm³/mol. The quantitative estimate of drug-likeness (QED) is 0.777. The van der Waals surface area contributed by atoms with Crippen molar-refractivity contribution in [1.29, 1.82) is 0 Å². The van der Waals surface area contributed by atoms with E-state index in [1.54, 1.807) is 17.7 Å². The van der Waals surface area contributed by atoms with Gasteiger partial charge in [0.05, 0.1) is 11.9 Å². The van der Waals surface area contributed by atoms with Crippen LogP contribution < -0.4 is 5.32 Å². The van der Waals surface area contributed by atoms with Crippen LogP contribution in [0.1, 0.15) is 52.2 Å².